The molecular weight excluding hydrogens is 284 g/mol. The van der Waals surface area contributed by atoms with Crippen molar-refractivity contribution in [3.63, 3.8) is 0 Å². The highest BCUT2D eigenvalue weighted by Gasteiger charge is 2.19. The summed E-state index contributed by atoms with van der Waals surface area (Å²) in [5, 5.41) is 9.83. The number of hydrogen-bond donors (Lipinski definition) is 1. The van der Waals surface area contributed by atoms with Crippen molar-refractivity contribution < 1.29 is 14.6 Å². The summed E-state index contributed by atoms with van der Waals surface area (Å²) in [5.74, 6) is -0.608. The summed E-state index contributed by atoms with van der Waals surface area (Å²) in [7, 11) is 5.51. The number of likely N-dealkylation sites (N-methyl/N-ethyl adjacent to an activating group) is 1. The Hall–Kier alpha value is -2.34. The second-order valence-electron chi connectivity index (χ2n) is 5.47. The molecule has 6 nitrogen and oxygen atoms in total. The molecule has 0 atom stereocenters. The molecule has 1 aromatic heterocycles. The predicted octanol–water partition coefficient (Wildman–Crippen LogP) is 1.49. The third-order valence-electron chi connectivity index (χ3n) is 3.61. The number of carboxylic acid groups (broad SMARTS) is 1. The van der Waals surface area contributed by atoms with Crippen molar-refractivity contribution in [1.82, 2.24) is 9.47 Å². The first-order valence-corrected chi connectivity index (χ1v) is 6.97. The zero-order chi connectivity index (χ0) is 16.4. The van der Waals surface area contributed by atoms with Crippen molar-refractivity contribution in [3.8, 4) is 5.75 Å². The molecule has 22 heavy (non-hydrogen) atoms. The molecule has 1 N–H and O–H groups in total. The monoisotopic (exact) mass is 304 g/mol. The van der Waals surface area contributed by atoms with Gasteiger partial charge in [-0.2, -0.15) is 0 Å². The van der Waals surface area contributed by atoms with Crippen LogP contribution < -0.4 is 10.2 Å². The first kappa shape index (κ1) is 16.0. The van der Waals surface area contributed by atoms with Crippen molar-refractivity contribution in [1.29, 1.82) is 0 Å². The van der Waals surface area contributed by atoms with Crippen LogP contribution in [0.3, 0.4) is 0 Å². The minimum Gasteiger partial charge on any atom is -0.490 e. The van der Waals surface area contributed by atoms with Crippen LogP contribution >= 0.6 is 0 Å². The van der Waals surface area contributed by atoms with E-state index < -0.39 is 5.97 Å². The normalized spacial score (nSPS) is 11.1. The number of aromatic nitrogens is 1. The average Bonchev–Trinajstić information content (AvgIpc) is 2.44. The van der Waals surface area contributed by atoms with E-state index >= 15 is 0 Å². The van der Waals surface area contributed by atoms with Crippen LogP contribution in [0.2, 0.25) is 0 Å². The van der Waals surface area contributed by atoms with Gasteiger partial charge in [0.2, 0.25) is 0 Å². The van der Waals surface area contributed by atoms with Gasteiger partial charge in [-0.15, -0.1) is 0 Å². The average molecular weight is 304 g/mol. The number of benzene rings is 1. The second-order valence-corrected chi connectivity index (χ2v) is 5.47. The lowest BCUT2D eigenvalue weighted by molar-refractivity contribution is 0.0685. The molecule has 0 bridgehead atoms. The fourth-order valence-electron chi connectivity index (χ4n) is 2.48. The van der Waals surface area contributed by atoms with E-state index in [9.17, 15) is 14.7 Å². The molecule has 0 spiro atoms. The van der Waals surface area contributed by atoms with Crippen LogP contribution in [0.4, 0.5) is 0 Å². The Kier molecular flexibility index (Phi) is 4.51. The van der Waals surface area contributed by atoms with Crippen LogP contribution in [0, 0.1) is 6.92 Å². The SMILES string of the molecule is Cc1c(C(=O)O)n(C)c2c(OCCN(C)C)cccc2c1=O. The summed E-state index contributed by atoms with van der Waals surface area (Å²) >= 11 is 0. The molecule has 2 aromatic rings. The molecule has 0 aliphatic heterocycles. The number of fused-ring (bicyclic) bond motifs is 1. The van der Waals surface area contributed by atoms with Crippen LogP contribution in [0.25, 0.3) is 10.9 Å². The number of para-hydroxylation sites is 1. The second kappa shape index (κ2) is 6.19. The van der Waals surface area contributed by atoms with Gasteiger partial charge in [0.15, 0.2) is 5.43 Å². The van der Waals surface area contributed by atoms with E-state index in [4.69, 9.17) is 4.74 Å². The lowest BCUT2D eigenvalue weighted by atomic mass is 10.1. The van der Waals surface area contributed by atoms with E-state index in [1.165, 1.54) is 11.5 Å². The van der Waals surface area contributed by atoms with E-state index in [1.807, 2.05) is 19.0 Å². The molecule has 2 rings (SSSR count). The molecular formula is C16H20N2O4. The maximum absolute atomic E-state index is 12.4. The van der Waals surface area contributed by atoms with Gasteiger partial charge >= 0.3 is 5.97 Å². The van der Waals surface area contributed by atoms with E-state index in [0.29, 0.717) is 23.3 Å². The van der Waals surface area contributed by atoms with Crippen LogP contribution in [-0.2, 0) is 7.05 Å². The summed E-state index contributed by atoms with van der Waals surface area (Å²) < 4.78 is 7.26. The molecule has 1 aromatic carbocycles. The minimum absolute atomic E-state index is 0.0128. The van der Waals surface area contributed by atoms with Crippen LogP contribution in [-0.4, -0.2) is 47.8 Å². The molecule has 1 heterocycles. The Morgan fingerprint density at radius 3 is 2.64 bits per heavy atom. The lowest BCUT2D eigenvalue weighted by Gasteiger charge is -2.17. The topological polar surface area (TPSA) is 71.8 Å². The predicted molar refractivity (Wildman–Crippen MR) is 84.9 cm³/mol. The van der Waals surface area contributed by atoms with E-state index in [-0.39, 0.29) is 16.7 Å². The number of nitrogens with zero attached hydrogens (tertiary/aromatic N) is 2. The summed E-state index contributed by atoms with van der Waals surface area (Å²) in [6.45, 7) is 2.71. The third kappa shape index (κ3) is 2.82. The number of pyridine rings is 1. The number of aromatic carboxylic acids is 1. The Morgan fingerprint density at radius 1 is 1.36 bits per heavy atom. The van der Waals surface area contributed by atoms with Gasteiger partial charge in [0.05, 0.1) is 5.52 Å². The quantitative estimate of drug-likeness (QED) is 0.906. The fourth-order valence-corrected chi connectivity index (χ4v) is 2.48. The highest BCUT2D eigenvalue weighted by molar-refractivity contribution is 5.94. The number of rotatable bonds is 5. The summed E-state index contributed by atoms with van der Waals surface area (Å²) in [6, 6.07) is 5.18. The largest absolute Gasteiger partial charge is 0.490 e. The van der Waals surface area contributed by atoms with Gasteiger partial charge in [-0.1, -0.05) is 6.07 Å². The van der Waals surface area contributed by atoms with Crippen molar-refractivity contribution in [2.24, 2.45) is 7.05 Å². The van der Waals surface area contributed by atoms with E-state index in [0.717, 1.165) is 6.54 Å². The summed E-state index contributed by atoms with van der Waals surface area (Å²) in [5.41, 5.74) is 0.451. The Labute approximate surface area is 128 Å². The maximum atomic E-state index is 12.4. The molecule has 0 aliphatic carbocycles. The van der Waals surface area contributed by atoms with Gasteiger partial charge < -0.3 is 19.3 Å². The zero-order valence-corrected chi connectivity index (χ0v) is 13.2. The van der Waals surface area contributed by atoms with E-state index in [1.54, 1.807) is 25.2 Å². The number of hydrogen-bond acceptors (Lipinski definition) is 4. The number of carbonyl (C=O) groups is 1. The van der Waals surface area contributed by atoms with Crippen LogP contribution in [0.5, 0.6) is 5.75 Å². The van der Waals surface area contributed by atoms with Crippen LogP contribution in [0.15, 0.2) is 23.0 Å². The maximum Gasteiger partial charge on any atom is 0.352 e. The van der Waals surface area contributed by atoms with Crippen LogP contribution in [0.1, 0.15) is 16.1 Å². The summed E-state index contributed by atoms with van der Waals surface area (Å²) in [6.07, 6.45) is 0. The molecule has 0 amide bonds. The van der Waals surface area contributed by atoms with Gasteiger partial charge in [-0.3, -0.25) is 4.79 Å². The van der Waals surface area contributed by atoms with Gasteiger partial charge in [0.1, 0.15) is 18.1 Å². The van der Waals surface area contributed by atoms with E-state index in [2.05, 4.69) is 0 Å². The molecule has 0 radical (unpaired) electrons. The first-order valence-electron chi connectivity index (χ1n) is 6.97. The van der Waals surface area contributed by atoms with Crippen molar-refractivity contribution in [3.05, 3.63) is 39.7 Å². The van der Waals surface area contributed by atoms with Gasteiger partial charge in [0.25, 0.3) is 0 Å². The zero-order valence-electron chi connectivity index (χ0n) is 13.2. The first-order chi connectivity index (χ1) is 10.3. The van der Waals surface area contributed by atoms with Gasteiger partial charge in [-0.25, -0.2) is 4.79 Å². The molecule has 0 aliphatic rings. The fraction of sp³-hybridized carbons (Fsp3) is 0.375. The number of carboxylic acids is 1. The molecule has 0 fully saturated rings. The molecule has 6 heteroatoms. The third-order valence-corrected chi connectivity index (χ3v) is 3.61. The van der Waals surface area contributed by atoms with Gasteiger partial charge in [0, 0.05) is 24.5 Å². The Balaban J connectivity index is 2.65. The smallest absolute Gasteiger partial charge is 0.352 e. The molecule has 0 saturated carbocycles. The highest BCUT2D eigenvalue weighted by atomic mass is 16.5. The minimum atomic E-state index is -1.12. The number of aryl methyl sites for hydroxylation is 1. The van der Waals surface area contributed by atoms with Crippen molar-refractivity contribution in [2.75, 3.05) is 27.2 Å². The van der Waals surface area contributed by atoms with Crippen molar-refractivity contribution >= 4 is 16.9 Å². The standard InChI is InChI=1S/C16H20N2O4/c1-10-13(16(20)21)18(4)14-11(15(10)19)6-5-7-12(14)22-9-8-17(2)3/h5-7H,8-9H2,1-4H3,(H,20,21). The lowest BCUT2D eigenvalue weighted by Crippen LogP contribution is -2.22. The van der Waals surface area contributed by atoms with Gasteiger partial charge in [-0.05, 0) is 33.2 Å². The molecule has 0 unspecified atom stereocenters. The molecule has 118 valence electrons. The molecule has 0 saturated heterocycles. The highest BCUT2D eigenvalue weighted by Crippen LogP contribution is 2.25. The van der Waals surface area contributed by atoms with Crippen molar-refractivity contribution in [2.45, 2.75) is 6.92 Å². The Bertz CT molecular complexity index is 778. The Morgan fingerprint density at radius 2 is 2.05 bits per heavy atom. The number of ether oxygens (including phenoxy) is 1. The summed E-state index contributed by atoms with van der Waals surface area (Å²) in [4.78, 5) is 25.8.